The molecule has 0 aliphatic rings. The van der Waals surface area contributed by atoms with Crippen molar-refractivity contribution in [1.29, 1.82) is 0 Å². The van der Waals surface area contributed by atoms with Crippen molar-refractivity contribution >= 4 is 15.9 Å². The molecule has 18 heavy (non-hydrogen) atoms. The quantitative estimate of drug-likeness (QED) is 0.692. The van der Waals surface area contributed by atoms with Crippen LogP contribution in [0.5, 0.6) is 0 Å². The fourth-order valence-electron chi connectivity index (χ4n) is 1.82. The molecule has 0 aliphatic heterocycles. The van der Waals surface area contributed by atoms with Crippen molar-refractivity contribution in [3.05, 3.63) is 70.5 Å². The van der Waals surface area contributed by atoms with E-state index >= 15 is 0 Å². The second-order valence-corrected chi connectivity index (χ2v) is 4.92. The Hall–Kier alpha value is -1.29. The maximum atomic E-state index is 13.7. The summed E-state index contributed by atoms with van der Waals surface area (Å²) in [5.74, 6) is -2.70. The Morgan fingerprint density at radius 2 is 1.56 bits per heavy atom. The summed E-state index contributed by atoms with van der Waals surface area (Å²) in [5, 5.41) is 0. The van der Waals surface area contributed by atoms with Gasteiger partial charge >= 0.3 is 0 Å². The van der Waals surface area contributed by atoms with Gasteiger partial charge in [-0.3, -0.25) is 0 Å². The van der Waals surface area contributed by atoms with Crippen LogP contribution in [0.2, 0.25) is 0 Å². The number of benzene rings is 2. The first-order valence-electron chi connectivity index (χ1n) is 5.34. The average molecular weight is 315 g/mol. The highest BCUT2D eigenvalue weighted by molar-refractivity contribution is 9.09. The van der Waals surface area contributed by atoms with Crippen LogP contribution in [-0.4, -0.2) is 0 Å². The number of aryl methyl sites for hydroxylation is 1. The molecule has 0 saturated carbocycles. The minimum atomic E-state index is -0.918. The third-order valence-corrected chi connectivity index (χ3v) is 3.71. The second kappa shape index (κ2) is 5.14. The zero-order valence-corrected chi connectivity index (χ0v) is 11.1. The Morgan fingerprint density at radius 1 is 1.00 bits per heavy atom. The van der Waals surface area contributed by atoms with Gasteiger partial charge in [-0.1, -0.05) is 40.2 Å². The van der Waals surface area contributed by atoms with E-state index in [2.05, 4.69) is 15.9 Å². The van der Waals surface area contributed by atoms with Gasteiger partial charge in [-0.05, 0) is 18.1 Å². The highest BCUT2D eigenvalue weighted by Gasteiger charge is 2.21. The largest absolute Gasteiger partial charge is 0.207 e. The van der Waals surface area contributed by atoms with Gasteiger partial charge in [0, 0.05) is 17.7 Å². The maximum absolute atomic E-state index is 13.7. The normalized spacial score (nSPS) is 12.5. The summed E-state index contributed by atoms with van der Waals surface area (Å²) >= 11 is 3.27. The minimum absolute atomic E-state index is 0.175. The Morgan fingerprint density at radius 3 is 2.11 bits per heavy atom. The molecular formula is C14H10BrF3. The van der Waals surface area contributed by atoms with E-state index in [1.165, 1.54) is 0 Å². The Bertz CT molecular complexity index is 558. The van der Waals surface area contributed by atoms with E-state index in [1.54, 1.807) is 12.1 Å². The predicted molar refractivity (Wildman–Crippen MR) is 68.3 cm³/mol. The summed E-state index contributed by atoms with van der Waals surface area (Å²) in [5.41, 5.74) is 1.48. The summed E-state index contributed by atoms with van der Waals surface area (Å²) in [7, 11) is 0. The molecule has 0 heterocycles. The molecule has 1 atom stereocenters. The predicted octanol–water partition coefficient (Wildman–Crippen LogP) is 4.90. The van der Waals surface area contributed by atoms with Crippen molar-refractivity contribution in [2.45, 2.75) is 11.8 Å². The molecule has 0 amide bonds. The van der Waals surface area contributed by atoms with Gasteiger partial charge in [-0.15, -0.1) is 0 Å². The van der Waals surface area contributed by atoms with E-state index < -0.39 is 22.3 Å². The van der Waals surface area contributed by atoms with Crippen molar-refractivity contribution in [2.24, 2.45) is 0 Å². The number of alkyl halides is 1. The van der Waals surface area contributed by atoms with Gasteiger partial charge in [0.25, 0.3) is 0 Å². The van der Waals surface area contributed by atoms with Gasteiger partial charge in [0.2, 0.25) is 0 Å². The van der Waals surface area contributed by atoms with Crippen LogP contribution >= 0.6 is 15.9 Å². The molecule has 1 unspecified atom stereocenters. The highest BCUT2D eigenvalue weighted by Crippen LogP contribution is 2.35. The van der Waals surface area contributed by atoms with Crippen molar-refractivity contribution in [2.75, 3.05) is 0 Å². The van der Waals surface area contributed by atoms with Crippen molar-refractivity contribution in [3.8, 4) is 0 Å². The van der Waals surface area contributed by atoms with Crippen LogP contribution in [-0.2, 0) is 0 Å². The maximum Gasteiger partial charge on any atom is 0.133 e. The van der Waals surface area contributed by atoms with Crippen LogP contribution in [0.25, 0.3) is 0 Å². The third kappa shape index (κ3) is 2.43. The van der Waals surface area contributed by atoms with E-state index in [0.29, 0.717) is 12.1 Å². The minimum Gasteiger partial charge on any atom is -0.207 e. The lowest BCUT2D eigenvalue weighted by Crippen LogP contribution is -2.03. The zero-order valence-electron chi connectivity index (χ0n) is 9.55. The van der Waals surface area contributed by atoms with Crippen LogP contribution in [0.3, 0.4) is 0 Å². The number of halogens is 4. The fourth-order valence-corrected chi connectivity index (χ4v) is 2.77. The van der Waals surface area contributed by atoms with E-state index in [1.807, 2.05) is 19.1 Å². The van der Waals surface area contributed by atoms with Gasteiger partial charge < -0.3 is 0 Å². The monoisotopic (exact) mass is 314 g/mol. The van der Waals surface area contributed by atoms with Crippen molar-refractivity contribution in [3.63, 3.8) is 0 Å². The first-order chi connectivity index (χ1) is 8.50. The fraction of sp³-hybridized carbons (Fsp3) is 0.143. The first-order valence-corrected chi connectivity index (χ1v) is 6.26. The highest BCUT2D eigenvalue weighted by atomic mass is 79.9. The first kappa shape index (κ1) is 13.1. The van der Waals surface area contributed by atoms with Gasteiger partial charge in [0.05, 0.1) is 4.83 Å². The Kier molecular flexibility index (Phi) is 3.76. The Balaban J connectivity index is 2.53. The number of hydrogen-bond donors (Lipinski definition) is 0. The molecule has 94 valence electrons. The van der Waals surface area contributed by atoms with E-state index in [-0.39, 0.29) is 5.56 Å². The SMILES string of the molecule is Cc1ccccc1C(Br)c1c(F)cc(F)cc1F. The number of rotatable bonds is 2. The summed E-state index contributed by atoms with van der Waals surface area (Å²) in [6, 6.07) is 8.63. The summed E-state index contributed by atoms with van der Waals surface area (Å²) in [6.45, 7) is 1.85. The summed E-state index contributed by atoms with van der Waals surface area (Å²) in [6.07, 6.45) is 0. The molecule has 0 aromatic heterocycles. The zero-order chi connectivity index (χ0) is 13.3. The molecule has 0 aliphatic carbocycles. The summed E-state index contributed by atoms with van der Waals surface area (Å²) in [4.78, 5) is -0.640. The Labute approximate surface area is 112 Å². The van der Waals surface area contributed by atoms with Crippen LogP contribution in [0.1, 0.15) is 21.5 Å². The van der Waals surface area contributed by atoms with Crippen LogP contribution in [0, 0.1) is 24.4 Å². The van der Waals surface area contributed by atoms with Gasteiger partial charge in [-0.2, -0.15) is 0 Å². The van der Waals surface area contributed by atoms with E-state index in [0.717, 1.165) is 11.1 Å². The lowest BCUT2D eigenvalue weighted by Gasteiger charge is -2.15. The third-order valence-electron chi connectivity index (χ3n) is 2.76. The van der Waals surface area contributed by atoms with Crippen LogP contribution < -0.4 is 0 Å². The standard InChI is InChI=1S/C14H10BrF3/c1-8-4-2-3-5-10(8)14(15)13-11(17)6-9(16)7-12(13)18/h2-7,14H,1H3. The topological polar surface area (TPSA) is 0 Å². The summed E-state index contributed by atoms with van der Waals surface area (Å²) < 4.78 is 40.2. The molecule has 0 nitrogen and oxygen atoms in total. The molecular weight excluding hydrogens is 305 g/mol. The molecule has 2 rings (SSSR count). The second-order valence-electron chi connectivity index (χ2n) is 4.00. The number of hydrogen-bond acceptors (Lipinski definition) is 0. The smallest absolute Gasteiger partial charge is 0.133 e. The lowest BCUT2D eigenvalue weighted by atomic mass is 9.99. The van der Waals surface area contributed by atoms with Crippen LogP contribution in [0.4, 0.5) is 13.2 Å². The molecule has 4 heteroatoms. The van der Waals surface area contributed by atoms with Crippen molar-refractivity contribution in [1.82, 2.24) is 0 Å². The molecule has 2 aromatic carbocycles. The lowest BCUT2D eigenvalue weighted by molar-refractivity contribution is 0.527. The molecule has 0 fully saturated rings. The van der Waals surface area contributed by atoms with Crippen LogP contribution in [0.15, 0.2) is 36.4 Å². The van der Waals surface area contributed by atoms with Gasteiger partial charge in [-0.25, -0.2) is 13.2 Å². The molecule has 0 bridgehead atoms. The molecule has 0 spiro atoms. The van der Waals surface area contributed by atoms with Crippen molar-refractivity contribution < 1.29 is 13.2 Å². The molecule has 0 saturated heterocycles. The van der Waals surface area contributed by atoms with E-state index in [9.17, 15) is 13.2 Å². The molecule has 0 N–H and O–H groups in total. The molecule has 0 radical (unpaired) electrons. The van der Waals surface area contributed by atoms with Gasteiger partial charge in [0.1, 0.15) is 17.5 Å². The molecule has 2 aromatic rings. The average Bonchev–Trinajstić information content (AvgIpc) is 2.27. The van der Waals surface area contributed by atoms with Gasteiger partial charge in [0.15, 0.2) is 0 Å². The van der Waals surface area contributed by atoms with E-state index in [4.69, 9.17) is 0 Å².